The van der Waals surface area contributed by atoms with Crippen LogP contribution in [0.3, 0.4) is 0 Å². The second-order valence-corrected chi connectivity index (χ2v) is 6.62. The number of fused-ring (bicyclic) bond motifs is 1. The summed E-state index contributed by atoms with van der Waals surface area (Å²) in [6.07, 6.45) is 0. The number of thiophene rings is 1. The van der Waals surface area contributed by atoms with Gasteiger partial charge < -0.3 is 13.7 Å². The van der Waals surface area contributed by atoms with Crippen LogP contribution in [0.25, 0.3) is 33.2 Å². The summed E-state index contributed by atoms with van der Waals surface area (Å²) in [6, 6.07) is 10.8. The third-order valence-electron chi connectivity index (χ3n) is 3.97. The third kappa shape index (κ3) is 2.99. The lowest BCUT2D eigenvalue weighted by Gasteiger charge is -2.17. The van der Waals surface area contributed by atoms with Crippen molar-refractivity contribution in [1.29, 1.82) is 0 Å². The minimum atomic E-state index is -0.566. The first-order chi connectivity index (χ1) is 12.7. The lowest BCUT2D eigenvalue weighted by Crippen LogP contribution is -2.19. The Morgan fingerprint density at radius 2 is 2.00 bits per heavy atom. The molecule has 0 saturated heterocycles. The molecule has 0 saturated carbocycles. The predicted molar refractivity (Wildman–Crippen MR) is 98.3 cm³/mol. The molecule has 0 aliphatic rings. The first-order valence-corrected chi connectivity index (χ1v) is 8.76. The number of hydrogen-bond acceptors (Lipinski definition) is 7. The smallest absolute Gasteiger partial charge is 0.349 e. The second-order valence-electron chi connectivity index (χ2n) is 5.67. The Bertz CT molecular complexity index is 1100. The van der Waals surface area contributed by atoms with E-state index in [0.717, 1.165) is 10.6 Å². The Kier molecular flexibility index (Phi) is 4.26. The van der Waals surface area contributed by atoms with Gasteiger partial charge in [0.05, 0.1) is 4.88 Å². The van der Waals surface area contributed by atoms with E-state index in [-0.39, 0.29) is 18.0 Å². The molecule has 0 N–H and O–H groups in total. The van der Waals surface area contributed by atoms with Crippen molar-refractivity contribution in [1.82, 2.24) is 10.2 Å². The van der Waals surface area contributed by atoms with Crippen LogP contribution in [0.5, 0.6) is 0 Å². The van der Waals surface area contributed by atoms with Gasteiger partial charge in [0.25, 0.3) is 11.8 Å². The predicted octanol–water partition coefficient (Wildman–Crippen LogP) is 3.98. The van der Waals surface area contributed by atoms with Crippen LogP contribution in [-0.2, 0) is 0 Å². The summed E-state index contributed by atoms with van der Waals surface area (Å²) >= 11 is 1.47. The van der Waals surface area contributed by atoms with E-state index in [1.54, 1.807) is 24.1 Å². The van der Waals surface area contributed by atoms with Crippen molar-refractivity contribution in [2.75, 3.05) is 25.2 Å². The van der Waals surface area contributed by atoms with Crippen LogP contribution < -0.4 is 10.5 Å². The van der Waals surface area contributed by atoms with Gasteiger partial charge in [-0.15, -0.1) is 21.5 Å². The van der Waals surface area contributed by atoms with E-state index in [0.29, 0.717) is 16.9 Å². The summed E-state index contributed by atoms with van der Waals surface area (Å²) in [5.74, 6) is 0.473. The fourth-order valence-electron chi connectivity index (χ4n) is 2.57. The summed E-state index contributed by atoms with van der Waals surface area (Å²) in [6.45, 7) is -0.192. The molecule has 4 aromatic rings. The number of alkyl halides is 1. The molecule has 0 aliphatic heterocycles. The molecule has 0 fully saturated rings. The monoisotopic (exact) mass is 371 g/mol. The molecule has 0 aliphatic carbocycles. The van der Waals surface area contributed by atoms with Gasteiger partial charge in [0, 0.05) is 30.7 Å². The zero-order chi connectivity index (χ0) is 18.1. The maximum absolute atomic E-state index is 12.5. The molecule has 4 rings (SSSR count). The van der Waals surface area contributed by atoms with Crippen LogP contribution >= 0.6 is 11.3 Å². The summed E-state index contributed by atoms with van der Waals surface area (Å²) in [4.78, 5) is 14.9. The highest BCUT2D eigenvalue weighted by Crippen LogP contribution is 2.28. The molecule has 0 radical (unpaired) electrons. The molecule has 3 aromatic heterocycles. The van der Waals surface area contributed by atoms with Crippen LogP contribution in [0.1, 0.15) is 0 Å². The maximum atomic E-state index is 12.5. The van der Waals surface area contributed by atoms with Crippen LogP contribution in [-0.4, -0.2) is 30.5 Å². The molecular weight excluding hydrogens is 357 g/mol. The molecule has 6 nitrogen and oxygen atoms in total. The highest BCUT2D eigenvalue weighted by molar-refractivity contribution is 7.13. The number of nitrogens with zero attached hydrogens (tertiary/aromatic N) is 3. The zero-order valence-corrected chi connectivity index (χ0v) is 14.6. The van der Waals surface area contributed by atoms with Crippen LogP contribution in [0.4, 0.5) is 10.1 Å². The molecule has 0 unspecified atom stereocenters. The van der Waals surface area contributed by atoms with Gasteiger partial charge in [-0.3, -0.25) is 0 Å². The van der Waals surface area contributed by atoms with E-state index < -0.39 is 12.3 Å². The first-order valence-electron chi connectivity index (χ1n) is 7.88. The van der Waals surface area contributed by atoms with Gasteiger partial charge in [0.1, 0.15) is 17.8 Å². The fraction of sp³-hybridized carbons (Fsp3) is 0.167. The summed E-state index contributed by atoms with van der Waals surface area (Å²) < 4.78 is 23.5. The second kappa shape index (κ2) is 6.72. The Morgan fingerprint density at radius 1 is 1.15 bits per heavy atom. The fourth-order valence-corrected chi connectivity index (χ4v) is 3.22. The SMILES string of the molecule is CN(CCF)c1ccc2cc(-c3nnc(-c4cccs4)o3)c(=O)oc2c1. The van der Waals surface area contributed by atoms with E-state index in [9.17, 15) is 9.18 Å². The number of anilines is 1. The number of hydrogen-bond donors (Lipinski definition) is 0. The maximum Gasteiger partial charge on any atom is 0.349 e. The van der Waals surface area contributed by atoms with E-state index in [1.807, 2.05) is 29.6 Å². The van der Waals surface area contributed by atoms with Crippen molar-refractivity contribution in [3.05, 3.63) is 52.2 Å². The van der Waals surface area contributed by atoms with Gasteiger partial charge in [-0.05, 0) is 29.6 Å². The summed E-state index contributed by atoms with van der Waals surface area (Å²) in [5, 5.41) is 10.6. The minimum absolute atomic E-state index is 0.114. The Morgan fingerprint density at radius 3 is 2.77 bits per heavy atom. The van der Waals surface area contributed by atoms with Gasteiger partial charge >= 0.3 is 5.63 Å². The number of rotatable bonds is 5. The number of aromatic nitrogens is 2. The molecule has 0 spiro atoms. The zero-order valence-electron chi connectivity index (χ0n) is 13.8. The van der Waals surface area contributed by atoms with E-state index in [4.69, 9.17) is 8.83 Å². The Hall–Kier alpha value is -3.00. The largest absolute Gasteiger partial charge is 0.422 e. The molecular formula is C18H14FN3O3S. The number of benzene rings is 1. The lowest BCUT2D eigenvalue weighted by molar-refractivity contribution is 0.497. The molecule has 132 valence electrons. The lowest BCUT2D eigenvalue weighted by atomic mass is 10.1. The van der Waals surface area contributed by atoms with Crippen molar-refractivity contribution in [2.24, 2.45) is 0 Å². The van der Waals surface area contributed by atoms with Crippen molar-refractivity contribution in [3.8, 4) is 22.2 Å². The van der Waals surface area contributed by atoms with Crippen molar-refractivity contribution >= 4 is 28.0 Å². The molecule has 1 aromatic carbocycles. The highest BCUT2D eigenvalue weighted by Gasteiger charge is 2.16. The quantitative estimate of drug-likeness (QED) is 0.494. The van der Waals surface area contributed by atoms with Crippen LogP contribution in [0, 0.1) is 0 Å². The number of halogens is 1. The van der Waals surface area contributed by atoms with Crippen molar-refractivity contribution in [2.45, 2.75) is 0 Å². The standard InChI is InChI=1S/C18H14FN3O3S/c1-22(7-6-19)12-5-4-11-9-13(18(23)24-14(11)10-12)16-20-21-17(25-16)15-3-2-8-26-15/h2-5,8-10H,6-7H2,1H3. The summed E-state index contributed by atoms with van der Waals surface area (Å²) in [7, 11) is 1.78. The van der Waals surface area contributed by atoms with Crippen LogP contribution in [0.15, 0.2) is 55.4 Å². The van der Waals surface area contributed by atoms with Crippen LogP contribution in [0.2, 0.25) is 0 Å². The molecule has 8 heteroatoms. The Balaban J connectivity index is 1.74. The average molecular weight is 371 g/mol. The molecule has 0 amide bonds. The van der Waals surface area contributed by atoms with Gasteiger partial charge in [0.15, 0.2) is 0 Å². The van der Waals surface area contributed by atoms with E-state index in [1.165, 1.54) is 11.3 Å². The van der Waals surface area contributed by atoms with Gasteiger partial charge in [-0.25, -0.2) is 9.18 Å². The minimum Gasteiger partial charge on any atom is -0.422 e. The molecule has 3 heterocycles. The van der Waals surface area contributed by atoms with Gasteiger partial charge in [0.2, 0.25) is 0 Å². The molecule has 0 atom stereocenters. The topological polar surface area (TPSA) is 72.4 Å². The van der Waals surface area contributed by atoms with Gasteiger partial charge in [-0.1, -0.05) is 6.07 Å². The molecule has 26 heavy (non-hydrogen) atoms. The van der Waals surface area contributed by atoms with E-state index >= 15 is 0 Å². The van der Waals surface area contributed by atoms with Crippen molar-refractivity contribution in [3.63, 3.8) is 0 Å². The van der Waals surface area contributed by atoms with Gasteiger partial charge in [-0.2, -0.15) is 0 Å². The third-order valence-corrected chi connectivity index (χ3v) is 4.83. The molecule has 0 bridgehead atoms. The normalized spacial score (nSPS) is 11.2. The summed E-state index contributed by atoms with van der Waals surface area (Å²) in [5.41, 5.74) is 0.825. The Labute approximate surface area is 151 Å². The van der Waals surface area contributed by atoms with E-state index in [2.05, 4.69) is 10.2 Å². The highest BCUT2D eigenvalue weighted by atomic mass is 32.1. The first kappa shape index (κ1) is 16.5. The van der Waals surface area contributed by atoms with Crippen molar-refractivity contribution < 1.29 is 13.2 Å². The average Bonchev–Trinajstić information content (AvgIpc) is 3.32.